The number of aromatic nitrogens is 2. The summed E-state index contributed by atoms with van der Waals surface area (Å²) in [6.45, 7) is 6.84. The molecule has 2 heterocycles. The second-order valence-corrected chi connectivity index (χ2v) is 5.76. The maximum Gasteiger partial charge on any atom is 0.413 e. The van der Waals surface area contributed by atoms with Crippen molar-refractivity contribution in [3.63, 3.8) is 0 Å². The fourth-order valence-corrected chi connectivity index (χ4v) is 2.13. The van der Waals surface area contributed by atoms with Crippen molar-refractivity contribution in [3.05, 3.63) is 12.4 Å². The lowest BCUT2D eigenvalue weighted by molar-refractivity contribution is 0.195. The van der Waals surface area contributed by atoms with Gasteiger partial charge in [0.1, 0.15) is 18.0 Å². The monoisotopic (exact) mass is 280 g/mol. The minimum atomic E-state index is -1.04. The average molecular weight is 280 g/mol. The van der Waals surface area contributed by atoms with Gasteiger partial charge in [-0.3, -0.25) is 4.90 Å². The Morgan fingerprint density at radius 2 is 2.25 bits per heavy atom. The van der Waals surface area contributed by atoms with Crippen molar-refractivity contribution in [1.82, 2.24) is 9.97 Å². The van der Waals surface area contributed by atoms with Crippen LogP contribution in [-0.2, 0) is 4.74 Å². The zero-order valence-corrected chi connectivity index (χ0v) is 12.0. The van der Waals surface area contributed by atoms with Crippen molar-refractivity contribution in [3.8, 4) is 0 Å². The topological polar surface area (TPSA) is 87.6 Å². The van der Waals surface area contributed by atoms with Crippen LogP contribution in [0.25, 0.3) is 0 Å². The van der Waals surface area contributed by atoms with E-state index >= 15 is 0 Å². The summed E-state index contributed by atoms with van der Waals surface area (Å²) >= 11 is 0. The number of carbonyl (C=O) groups is 1. The van der Waals surface area contributed by atoms with E-state index in [1.165, 1.54) is 11.2 Å². The van der Waals surface area contributed by atoms with Gasteiger partial charge in [0.25, 0.3) is 0 Å². The standard InChI is InChI=1S/C13H20N4O3/c1-13(2,3)17(12(18)19)11-6-10(14-8-15-11)16-9-4-5-20-7-9/h6,8-9H,4-5,7H2,1-3H3,(H,18,19)(H,14,15,16). The first-order chi connectivity index (χ1) is 9.38. The van der Waals surface area contributed by atoms with E-state index in [4.69, 9.17) is 4.74 Å². The maximum absolute atomic E-state index is 11.4. The molecule has 2 N–H and O–H groups in total. The van der Waals surface area contributed by atoms with Crippen LogP contribution >= 0.6 is 0 Å². The van der Waals surface area contributed by atoms with Crippen LogP contribution in [0, 0.1) is 0 Å². The molecule has 1 fully saturated rings. The van der Waals surface area contributed by atoms with E-state index in [0.29, 0.717) is 18.2 Å². The highest BCUT2D eigenvalue weighted by Gasteiger charge is 2.29. The van der Waals surface area contributed by atoms with E-state index in [2.05, 4.69) is 15.3 Å². The Balaban J connectivity index is 2.21. The Morgan fingerprint density at radius 3 is 2.80 bits per heavy atom. The van der Waals surface area contributed by atoms with Crippen molar-refractivity contribution in [1.29, 1.82) is 0 Å². The zero-order chi connectivity index (χ0) is 14.8. The van der Waals surface area contributed by atoms with Crippen molar-refractivity contribution >= 4 is 17.7 Å². The second-order valence-electron chi connectivity index (χ2n) is 5.76. The van der Waals surface area contributed by atoms with Crippen molar-refractivity contribution < 1.29 is 14.6 Å². The van der Waals surface area contributed by atoms with Gasteiger partial charge in [0.05, 0.1) is 12.6 Å². The normalized spacial score (nSPS) is 18.9. The number of rotatable bonds is 3. The highest BCUT2D eigenvalue weighted by molar-refractivity contribution is 5.86. The van der Waals surface area contributed by atoms with Crippen LogP contribution in [-0.4, -0.2) is 46.0 Å². The van der Waals surface area contributed by atoms with E-state index < -0.39 is 11.6 Å². The Hall–Kier alpha value is -1.89. The Bertz CT molecular complexity index is 481. The largest absolute Gasteiger partial charge is 0.465 e. The molecule has 1 aromatic rings. The van der Waals surface area contributed by atoms with Gasteiger partial charge in [-0.25, -0.2) is 14.8 Å². The first kappa shape index (κ1) is 14.5. The molecule has 110 valence electrons. The molecule has 1 amide bonds. The van der Waals surface area contributed by atoms with Gasteiger partial charge in [-0.05, 0) is 27.2 Å². The summed E-state index contributed by atoms with van der Waals surface area (Å²) < 4.78 is 5.29. The molecular weight excluding hydrogens is 260 g/mol. The van der Waals surface area contributed by atoms with E-state index in [-0.39, 0.29) is 6.04 Å². The summed E-state index contributed by atoms with van der Waals surface area (Å²) in [5.74, 6) is 0.974. The van der Waals surface area contributed by atoms with E-state index in [1.54, 1.807) is 6.07 Å². The highest BCUT2D eigenvalue weighted by atomic mass is 16.5. The molecule has 1 saturated heterocycles. The first-order valence-corrected chi connectivity index (χ1v) is 6.57. The van der Waals surface area contributed by atoms with E-state index in [0.717, 1.165) is 13.0 Å². The molecule has 0 aromatic carbocycles. The van der Waals surface area contributed by atoms with Gasteiger partial charge in [0.15, 0.2) is 0 Å². The molecule has 1 aliphatic heterocycles. The van der Waals surface area contributed by atoms with Gasteiger partial charge >= 0.3 is 6.09 Å². The summed E-state index contributed by atoms with van der Waals surface area (Å²) in [5, 5.41) is 12.6. The van der Waals surface area contributed by atoms with Gasteiger partial charge in [-0.1, -0.05) is 0 Å². The summed E-state index contributed by atoms with van der Waals surface area (Å²) in [6, 6.07) is 1.86. The Morgan fingerprint density at radius 1 is 1.50 bits per heavy atom. The highest BCUT2D eigenvalue weighted by Crippen LogP contribution is 2.24. The first-order valence-electron chi connectivity index (χ1n) is 6.57. The van der Waals surface area contributed by atoms with Gasteiger partial charge in [-0.15, -0.1) is 0 Å². The van der Waals surface area contributed by atoms with Crippen LogP contribution in [0.3, 0.4) is 0 Å². The molecule has 1 unspecified atom stereocenters. The smallest absolute Gasteiger partial charge is 0.413 e. The van der Waals surface area contributed by atoms with Crippen LogP contribution < -0.4 is 10.2 Å². The summed E-state index contributed by atoms with van der Waals surface area (Å²) in [7, 11) is 0. The molecule has 0 saturated carbocycles. The SMILES string of the molecule is CC(C)(C)N(C(=O)O)c1cc(NC2CCOC2)ncn1. The number of nitrogens with one attached hydrogen (secondary N) is 1. The minimum Gasteiger partial charge on any atom is -0.465 e. The third-order valence-corrected chi connectivity index (χ3v) is 3.03. The van der Waals surface area contributed by atoms with Gasteiger partial charge in [0, 0.05) is 18.2 Å². The maximum atomic E-state index is 11.4. The van der Waals surface area contributed by atoms with Crippen molar-refractivity contribution in [2.75, 3.05) is 23.4 Å². The predicted octanol–water partition coefficient (Wildman–Crippen LogP) is 1.96. The molecule has 0 spiro atoms. The third kappa shape index (κ3) is 3.36. The number of carboxylic acid groups (broad SMARTS) is 1. The van der Waals surface area contributed by atoms with Crippen molar-refractivity contribution in [2.45, 2.75) is 38.8 Å². The molecule has 1 atom stereocenters. The minimum absolute atomic E-state index is 0.214. The number of anilines is 2. The summed E-state index contributed by atoms with van der Waals surface area (Å²) in [6.07, 6.45) is 1.25. The van der Waals surface area contributed by atoms with Crippen molar-refractivity contribution in [2.24, 2.45) is 0 Å². The average Bonchev–Trinajstić information content (AvgIpc) is 2.79. The number of nitrogens with zero attached hydrogens (tertiary/aromatic N) is 3. The third-order valence-electron chi connectivity index (χ3n) is 3.03. The lowest BCUT2D eigenvalue weighted by atomic mass is 10.1. The molecule has 7 heteroatoms. The lowest BCUT2D eigenvalue weighted by Crippen LogP contribution is -2.45. The molecule has 1 aliphatic rings. The number of amides is 1. The molecule has 0 radical (unpaired) electrons. The Kier molecular flexibility index (Phi) is 4.08. The number of ether oxygens (including phenoxy) is 1. The van der Waals surface area contributed by atoms with E-state index in [9.17, 15) is 9.90 Å². The molecule has 20 heavy (non-hydrogen) atoms. The van der Waals surface area contributed by atoms with Gasteiger partial charge in [0.2, 0.25) is 0 Å². The summed E-state index contributed by atoms with van der Waals surface area (Å²) in [5.41, 5.74) is -0.575. The predicted molar refractivity (Wildman–Crippen MR) is 75.1 cm³/mol. The van der Waals surface area contributed by atoms with Crippen LogP contribution in [0.4, 0.5) is 16.4 Å². The molecule has 0 aliphatic carbocycles. The van der Waals surface area contributed by atoms with Crippen LogP contribution in [0.2, 0.25) is 0 Å². The van der Waals surface area contributed by atoms with Crippen LogP contribution in [0.15, 0.2) is 12.4 Å². The molecular formula is C13H20N4O3. The van der Waals surface area contributed by atoms with Crippen LogP contribution in [0.1, 0.15) is 27.2 Å². The van der Waals surface area contributed by atoms with Crippen LogP contribution in [0.5, 0.6) is 0 Å². The zero-order valence-electron chi connectivity index (χ0n) is 12.0. The summed E-state index contributed by atoms with van der Waals surface area (Å²) in [4.78, 5) is 20.8. The number of hydrogen-bond donors (Lipinski definition) is 2. The lowest BCUT2D eigenvalue weighted by Gasteiger charge is -2.32. The number of hydrogen-bond acceptors (Lipinski definition) is 5. The molecule has 7 nitrogen and oxygen atoms in total. The molecule has 1 aromatic heterocycles. The quantitative estimate of drug-likeness (QED) is 0.880. The van der Waals surface area contributed by atoms with Gasteiger partial charge in [-0.2, -0.15) is 0 Å². The van der Waals surface area contributed by atoms with Gasteiger partial charge < -0.3 is 15.2 Å². The molecule has 0 bridgehead atoms. The fourth-order valence-electron chi connectivity index (χ4n) is 2.13. The fraction of sp³-hybridized carbons (Fsp3) is 0.615. The Labute approximate surface area is 118 Å². The second kappa shape index (κ2) is 5.62. The molecule has 2 rings (SSSR count). The van der Waals surface area contributed by atoms with E-state index in [1.807, 2.05) is 20.8 Å².